The zero-order valence-corrected chi connectivity index (χ0v) is 12.3. The molecule has 0 aliphatic rings. The van der Waals surface area contributed by atoms with Crippen molar-refractivity contribution < 1.29 is 13.2 Å². The summed E-state index contributed by atoms with van der Waals surface area (Å²) in [5, 5.41) is 5.02. The average Bonchev–Trinajstić information content (AvgIpc) is 2.75. The first-order valence-corrected chi connectivity index (χ1v) is 7.99. The Kier molecular flexibility index (Phi) is 4.89. The Morgan fingerprint density at radius 1 is 1.50 bits per heavy atom. The van der Waals surface area contributed by atoms with Crippen LogP contribution in [-0.4, -0.2) is 32.3 Å². The third-order valence-corrected chi connectivity index (χ3v) is 5.41. The van der Waals surface area contributed by atoms with E-state index in [0.29, 0.717) is 4.88 Å². The number of thiophene rings is 1. The van der Waals surface area contributed by atoms with Crippen LogP contribution >= 0.6 is 11.3 Å². The number of hydrogen-bond acceptors (Lipinski definition) is 4. The van der Waals surface area contributed by atoms with E-state index in [-0.39, 0.29) is 22.6 Å². The van der Waals surface area contributed by atoms with E-state index in [1.165, 1.54) is 6.07 Å². The average molecular weight is 290 g/mol. The Hall–Kier alpha value is -0.920. The van der Waals surface area contributed by atoms with E-state index in [1.54, 1.807) is 18.0 Å². The molecule has 0 saturated heterocycles. The van der Waals surface area contributed by atoms with E-state index in [9.17, 15) is 13.2 Å². The minimum absolute atomic E-state index is 0.0211. The molecule has 0 aliphatic heterocycles. The van der Waals surface area contributed by atoms with Gasteiger partial charge in [-0.15, -0.1) is 11.3 Å². The second kappa shape index (κ2) is 5.81. The van der Waals surface area contributed by atoms with E-state index in [0.717, 1.165) is 17.8 Å². The van der Waals surface area contributed by atoms with Crippen molar-refractivity contribution in [2.45, 2.75) is 36.9 Å². The molecule has 1 amide bonds. The van der Waals surface area contributed by atoms with E-state index in [2.05, 4.69) is 0 Å². The Labute approximate surface area is 112 Å². The molecule has 2 N–H and O–H groups in total. The van der Waals surface area contributed by atoms with Crippen LogP contribution in [0.4, 0.5) is 0 Å². The van der Waals surface area contributed by atoms with Crippen molar-refractivity contribution in [3.8, 4) is 0 Å². The first-order chi connectivity index (χ1) is 8.25. The van der Waals surface area contributed by atoms with Gasteiger partial charge in [-0.1, -0.05) is 6.92 Å². The maximum absolute atomic E-state index is 11.9. The molecule has 0 saturated carbocycles. The fraction of sp³-hybridized carbons (Fsp3) is 0.545. The van der Waals surface area contributed by atoms with Gasteiger partial charge in [-0.2, -0.15) is 0 Å². The lowest BCUT2D eigenvalue weighted by molar-refractivity contribution is -0.130. The van der Waals surface area contributed by atoms with Gasteiger partial charge in [0.05, 0.1) is 6.42 Å². The number of rotatable bonds is 5. The van der Waals surface area contributed by atoms with Crippen LogP contribution in [0.1, 0.15) is 25.1 Å². The highest BCUT2D eigenvalue weighted by Crippen LogP contribution is 2.21. The van der Waals surface area contributed by atoms with Gasteiger partial charge in [-0.05, 0) is 25.5 Å². The van der Waals surface area contributed by atoms with Gasteiger partial charge >= 0.3 is 0 Å². The minimum Gasteiger partial charge on any atom is -0.343 e. The smallest absolute Gasteiger partial charge is 0.247 e. The van der Waals surface area contributed by atoms with Crippen molar-refractivity contribution in [3.63, 3.8) is 0 Å². The number of likely N-dealkylation sites (N-methyl/N-ethyl adjacent to an activating group) is 1. The highest BCUT2D eigenvalue weighted by molar-refractivity contribution is 7.91. The van der Waals surface area contributed by atoms with Gasteiger partial charge in [0, 0.05) is 18.0 Å². The number of amides is 1. The van der Waals surface area contributed by atoms with Gasteiger partial charge in [0.1, 0.15) is 4.21 Å². The zero-order chi connectivity index (χ0) is 13.9. The summed E-state index contributed by atoms with van der Waals surface area (Å²) in [6, 6.07) is 3.24. The van der Waals surface area contributed by atoms with E-state index < -0.39 is 10.0 Å². The van der Waals surface area contributed by atoms with E-state index in [1.807, 2.05) is 13.8 Å². The molecule has 1 aromatic heterocycles. The van der Waals surface area contributed by atoms with Crippen molar-refractivity contribution in [2.24, 2.45) is 5.14 Å². The van der Waals surface area contributed by atoms with Crippen molar-refractivity contribution >= 4 is 27.3 Å². The maximum atomic E-state index is 11.9. The van der Waals surface area contributed by atoms with Crippen molar-refractivity contribution in [1.82, 2.24) is 4.90 Å². The largest absolute Gasteiger partial charge is 0.343 e. The third-order valence-electron chi connectivity index (χ3n) is 2.89. The summed E-state index contributed by atoms with van der Waals surface area (Å²) in [4.78, 5) is 14.3. The second-order valence-corrected chi connectivity index (χ2v) is 7.16. The van der Waals surface area contributed by atoms with Gasteiger partial charge in [-0.25, -0.2) is 13.6 Å². The van der Waals surface area contributed by atoms with Crippen LogP contribution in [0.5, 0.6) is 0 Å². The van der Waals surface area contributed by atoms with E-state index >= 15 is 0 Å². The van der Waals surface area contributed by atoms with Gasteiger partial charge in [0.15, 0.2) is 0 Å². The van der Waals surface area contributed by atoms with Crippen molar-refractivity contribution in [1.29, 1.82) is 0 Å². The third kappa shape index (κ3) is 3.79. The van der Waals surface area contributed by atoms with Crippen LogP contribution in [0.15, 0.2) is 16.3 Å². The Balaban J connectivity index is 2.74. The Morgan fingerprint density at radius 2 is 2.11 bits per heavy atom. The molecule has 1 rings (SSSR count). The standard InChI is InChI=1S/C11H18N2O3S2/c1-4-8(2)13(3)10(14)7-9-5-6-11(17-9)18(12,15)16/h5-6,8H,4,7H2,1-3H3,(H2,12,15,16). The first-order valence-electron chi connectivity index (χ1n) is 5.63. The number of nitrogens with zero attached hydrogens (tertiary/aromatic N) is 1. The number of hydrogen-bond donors (Lipinski definition) is 1. The summed E-state index contributed by atoms with van der Waals surface area (Å²) >= 11 is 1.04. The fourth-order valence-electron chi connectivity index (χ4n) is 1.40. The SMILES string of the molecule is CCC(C)N(C)C(=O)Cc1ccc(S(N)(=O)=O)s1. The fourth-order valence-corrected chi connectivity index (χ4v) is 3.17. The molecule has 0 bridgehead atoms. The summed E-state index contributed by atoms with van der Waals surface area (Å²) in [6.45, 7) is 3.99. The molecule has 0 aromatic carbocycles. The highest BCUT2D eigenvalue weighted by Gasteiger charge is 2.17. The number of nitrogens with two attached hydrogens (primary N) is 1. The topological polar surface area (TPSA) is 80.5 Å². The number of sulfonamides is 1. The molecule has 1 unspecified atom stereocenters. The molecule has 1 aromatic rings. The summed E-state index contributed by atoms with van der Waals surface area (Å²) in [7, 11) is -1.91. The summed E-state index contributed by atoms with van der Waals surface area (Å²) < 4.78 is 22.3. The highest BCUT2D eigenvalue weighted by atomic mass is 32.2. The summed E-state index contributed by atoms with van der Waals surface area (Å²) in [5.74, 6) is -0.0211. The zero-order valence-electron chi connectivity index (χ0n) is 10.7. The van der Waals surface area contributed by atoms with Gasteiger partial charge < -0.3 is 4.90 Å². The lowest BCUT2D eigenvalue weighted by Crippen LogP contribution is -2.35. The molecule has 0 radical (unpaired) electrons. The van der Waals surface area contributed by atoms with Crippen LogP contribution in [0.25, 0.3) is 0 Å². The minimum atomic E-state index is -3.67. The molecule has 0 aliphatic carbocycles. The summed E-state index contributed by atoms with van der Waals surface area (Å²) in [5.41, 5.74) is 0. The molecule has 5 nitrogen and oxygen atoms in total. The molecular weight excluding hydrogens is 272 g/mol. The van der Waals surface area contributed by atoms with Crippen LogP contribution in [0.3, 0.4) is 0 Å². The predicted octanol–water partition coefficient (Wildman–Crippen LogP) is 1.19. The summed E-state index contributed by atoms with van der Waals surface area (Å²) in [6.07, 6.45) is 1.09. The monoisotopic (exact) mass is 290 g/mol. The lowest BCUT2D eigenvalue weighted by Gasteiger charge is -2.23. The second-order valence-electron chi connectivity index (χ2n) is 4.20. The van der Waals surface area contributed by atoms with Crippen LogP contribution in [0.2, 0.25) is 0 Å². The Bertz CT molecular complexity index is 522. The molecule has 102 valence electrons. The van der Waals surface area contributed by atoms with Crippen molar-refractivity contribution in [3.05, 3.63) is 17.0 Å². The van der Waals surface area contributed by atoms with Crippen LogP contribution in [-0.2, 0) is 21.2 Å². The lowest BCUT2D eigenvalue weighted by atomic mass is 10.2. The number of carbonyl (C=O) groups is 1. The number of carbonyl (C=O) groups excluding carboxylic acids is 1. The molecular formula is C11H18N2O3S2. The molecule has 1 atom stereocenters. The van der Waals surface area contributed by atoms with Crippen LogP contribution in [0, 0.1) is 0 Å². The van der Waals surface area contributed by atoms with Crippen LogP contribution < -0.4 is 5.14 Å². The van der Waals surface area contributed by atoms with Crippen molar-refractivity contribution in [2.75, 3.05) is 7.05 Å². The van der Waals surface area contributed by atoms with Gasteiger partial charge in [0.25, 0.3) is 0 Å². The normalized spacial score (nSPS) is 13.3. The van der Waals surface area contributed by atoms with Gasteiger partial charge in [-0.3, -0.25) is 4.79 Å². The molecule has 0 fully saturated rings. The predicted molar refractivity (Wildman–Crippen MR) is 71.9 cm³/mol. The molecule has 0 spiro atoms. The molecule has 7 heteroatoms. The van der Waals surface area contributed by atoms with Gasteiger partial charge in [0.2, 0.25) is 15.9 Å². The maximum Gasteiger partial charge on any atom is 0.247 e. The van der Waals surface area contributed by atoms with E-state index in [4.69, 9.17) is 5.14 Å². The quantitative estimate of drug-likeness (QED) is 0.884. The number of primary sulfonamides is 1. The Morgan fingerprint density at radius 3 is 2.56 bits per heavy atom. The molecule has 1 heterocycles. The first kappa shape index (κ1) is 15.1. The molecule has 18 heavy (non-hydrogen) atoms.